The molecule has 3 N–H and O–H groups in total. The summed E-state index contributed by atoms with van der Waals surface area (Å²) in [5.41, 5.74) is 6.23. The normalized spacial score (nSPS) is 17.0. The average Bonchev–Trinajstić information content (AvgIpc) is 3.16. The number of hydrogen-bond donors (Lipinski definition) is 2. The maximum absolute atomic E-state index is 12.6. The first-order chi connectivity index (χ1) is 13.0. The lowest BCUT2D eigenvalue weighted by atomic mass is 10.1. The molecule has 0 unspecified atom stereocenters. The lowest BCUT2D eigenvalue weighted by molar-refractivity contribution is -0.130. The predicted molar refractivity (Wildman–Crippen MR) is 100 cm³/mol. The van der Waals surface area contributed by atoms with E-state index < -0.39 is 30.0 Å². The van der Waals surface area contributed by atoms with Crippen molar-refractivity contribution in [1.82, 2.24) is 10.2 Å². The lowest BCUT2D eigenvalue weighted by Gasteiger charge is -2.25. The number of hydrogen-bond acceptors (Lipinski definition) is 4. The largest absolute Gasteiger partial charge is 0.445 e. The van der Waals surface area contributed by atoms with Crippen LogP contribution >= 0.6 is 0 Å². The summed E-state index contributed by atoms with van der Waals surface area (Å²) in [6.45, 7) is 0.574. The number of likely N-dealkylation sites (tertiary alicyclic amines) is 1. The van der Waals surface area contributed by atoms with Crippen LogP contribution in [-0.4, -0.2) is 41.4 Å². The van der Waals surface area contributed by atoms with Crippen LogP contribution in [0.15, 0.2) is 30.3 Å². The fourth-order valence-electron chi connectivity index (χ4n) is 3.02. The minimum absolute atomic E-state index is 0.139. The second-order valence-corrected chi connectivity index (χ2v) is 6.45. The Balaban J connectivity index is 1.91. The van der Waals surface area contributed by atoms with Crippen molar-refractivity contribution in [2.75, 3.05) is 6.54 Å². The van der Waals surface area contributed by atoms with Crippen molar-refractivity contribution in [2.24, 2.45) is 5.73 Å². The van der Waals surface area contributed by atoms with E-state index in [1.54, 1.807) is 0 Å². The number of unbranched alkanes of at least 4 members (excludes halogenated alkanes) is 1. The third-order valence-corrected chi connectivity index (χ3v) is 4.47. The van der Waals surface area contributed by atoms with Crippen LogP contribution in [0.2, 0.25) is 0 Å². The topological polar surface area (TPSA) is 102 Å². The van der Waals surface area contributed by atoms with Crippen LogP contribution in [0.3, 0.4) is 0 Å². The molecular formula is C20H25N3O4. The van der Waals surface area contributed by atoms with Gasteiger partial charge in [0.1, 0.15) is 18.7 Å². The van der Waals surface area contributed by atoms with Crippen molar-refractivity contribution < 1.29 is 19.1 Å². The van der Waals surface area contributed by atoms with Gasteiger partial charge >= 0.3 is 6.09 Å². The van der Waals surface area contributed by atoms with Gasteiger partial charge in [-0.1, -0.05) is 30.3 Å². The third kappa shape index (κ3) is 6.03. The highest BCUT2D eigenvalue weighted by Gasteiger charge is 2.36. The Hall–Kier alpha value is -3.01. The molecule has 0 spiro atoms. The zero-order valence-corrected chi connectivity index (χ0v) is 15.2. The molecule has 1 fully saturated rings. The molecule has 0 bridgehead atoms. The molecule has 144 valence electrons. The molecule has 1 aliphatic rings. The van der Waals surface area contributed by atoms with E-state index >= 15 is 0 Å². The van der Waals surface area contributed by atoms with Gasteiger partial charge in [-0.25, -0.2) is 4.79 Å². The first-order valence-electron chi connectivity index (χ1n) is 9.03. The Morgan fingerprint density at radius 3 is 2.74 bits per heavy atom. The fourth-order valence-corrected chi connectivity index (χ4v) is 3.02. The Bertz CT molecular complexity index is 699. The number of rotatable bonds is 8. The van der Waals surface area contributed by atoms with E-state index in [4.69, 9.17) is 16.9 Å². The van der Waals surface area contributed by atoms with E-state index in [0.717, 1.165) is 5.56 Å². The second-order valence-electron chi connectivity index (χ2n) is 6.45. The molecule has 2 atom stereocenters. The summed E-state index contributed by atoms with van der Waals surface area (Å²) in [6.07, 6.45) is 7.32. The van der Waals surface area contributed by atoms with Gasteiger partial charge in [0.15, 0.2) is 0 Å². The molecule has 1 aromatic rings. The van der Waals surface area contributed by atoms with Crippen LogP contribution < -0.4 is 11.1 Å². The van der Waals surface area contributed by atoms with Gasteiger partial charge in [-0.3, -0.25) is 14.5 Å². The van der Waals surface area contributed by atoms with Gasteiger partial charge in [0.05, 0.1) is 0 Å². The summed E-state index contributed by atoms with van der Waals surface area (Å²) in [5.74, 6) is 1.48. The molecule has 2 rings (SSSR count). The quantitative estimate of drug-likeness (QED) is 0.535. The molecule has 0 radical (unpaired) electrons. The van der Waals surface area contributed by atoms with Crippen molar-refractivity contribution >= 4 is 17.9 Å². The molecule has 3 amide bonds. The summed E-state index contributed by atoms with van der Waals surface area (Å²) in [7, 11) is 0. The minimum Gasteiger partial charge on any atom is -0.445 e. The number of primary amides is 1. The predicted octanol–water partition coefficient (Wildman–Crippen LogP) is 1.56. The van der Waals surface area contributed by atoms with Crippen LogP contribution in [0.4, 0.5) is 4.79 Å². The molecule has 7 heteroatoms. The molecular weight excluding hydrogens is 346 g/mol. The molecule has 0 aromatic heterocycles. The van der Waals surface area contributed by atoms with Crippen LogP contribution in [0.1, 0.15) is 37.7 Å². The fraction of sp³-hybridized carbons (Fsp3) is 0.450. The van der Waals surface area contributed by atoms with E-state index in [0.29, 0.717) is 38.6 Å². The van der Waals surface area contributed by atoms with Gasteiger partial charge in [-0.15, -0.1) is 12.3 Å². The van der Waals surface area contributed by atoms with E-state index in [9.17, 15) is 14.4 Å². The number of terminal acetylenes is 1. The SMILES string of the molecule is C#CCCC[C@H](NC(=O)[C@H]1CCCN1C(=O)OCc1ccccc1)C(N)=O. The zero-order valence-electron chi connectivity index (χ0n) is 15.2. The number of nitrogens with two attached hydrogens (primary N) is 1. The van der Waals surface area contributed by atoms with Gasteiger partial charge in [-0.2, -0.15) is 0 Å². The smallest absolute Gasteiger partial charge is 0.410 e. The van der Waals surface area contributed by atoms with Crippen LogP contribution in [0.5, 0.6) is 0 Å². The Morgan fingerprint density at radius 1 is 1.33 bits per heavy atom. The van der Waals surface area contributed by atoms with Crippen LogP contribution in [-0.2, 0) is 20.9 Å². The minimum atomic E-state index is -0.798. The van der Waals surface area contributed by atoms with Gasteiger partial charge in [0.2, 0.25) is 11.8 Å². The highest BCUT2D eigenvalue weighted by Crippen LogP contribution is 2.19. The molecule has 1 heterocycles. The highest BCUT2D eigenvalue weighted by molar-refractivity contribution is 5.91. The number of amides is 3. The van der Waals surface area contributed by atoms with Crippen LogP contribution in [0.25, 0.3) is 0 Å². The van der Waals surface area contributed by atoms with Crippen LogP contribution in [0, 0.1) is 12.3 Å². The molecule has 1 aromatic carbocycles. The average molecular weight is 371 g/mol. The van der Waals surface area contributed by atoms with E-state index in [2.05, 4.69) is 11.2 Å². The Morgan fingerprint density at radius 2 is 2.07 bits per heavy atom. The summed E-state index contributed by atoms with van der Waals surface area (Å²) >= 11 is 0. The third-order valence-electron chi connectivity index (χ3n) is 4.47. The number of ether oxygens (including phenoxy) is 1. The summed E-state index contributed by atoms with van der Waals surface area (Å²) in [6, 6.07) is 7.85. The Labute approximate surface area is 159 Å². The maximum Gasteiger partial charge on any atom is 0.410 e. The van der Waals surface area contributed by atoms with Gasteiger partial charge < -0.3 is 15.8 Å². The molecule has 1 aliphatic heterocycles. The number of carbonyl (C=O) groups excluding carboxylic acids is 3. The van der Waals surface area contributed by atoms with Crippen molar-refractivity contribution in [3.05, 3.63) is 35.9 Å². The summed E-state index contributed by atoms with van der Waals surface area (Å²) in [5, 5.41) is 2.64. The van der Waals surface area contributed by atoms with E-state index in [1.807, 2.05) is 30.3 Å². The Kier molecular flexibility index (Phi) is 7.68. The second kappa shape index (κ2) is 10.2. The number of benzene rings is 1. The number of nitrogens with one attached hydrogen (secondary N) is 1. The van der Waals surface area contributed by atoms with Crippen molar-refractivity contribution in [3.8, 4) is 12.3 Å². The summed E-state index contributed by atoms with van der Waals surface area (Å²) in [4.78, 5) is 37.9. The van der Waals surface area contributed by atoms with Crippen molar-refractivity contribution in [3.63, 3.8) is 0 Å². The van der Waals surface area contributed by atoms with Gasteiger partial charge in [-0.05, 0) is 31.2 Å². The lowest BCUT2D eigenvalue weighted by Crippen LogP contribution is -2.52. The molecule has 0 aliphatic carbocycles. The highest BCUT2D eigenvalue weighted by atomic mass is 16.6. The summed E-state index contributed by atoms with van der Waals surface area (Å²) < 4.78 is 5.32. The number of carbonyl (C=O) groups is 3. The molecule has 7 nitrogen and oxygen atoms in total. The number of nitrogens with zero attached hydrogens (tertiary/aromatic N) is 1. The molecule has 1 saturated heterocycles. The molecule has 27 heavy (non-hydrogen) atoms. The first-order valence-corrected chi connectivity index (χ1v) is 9.03. The monoisotopic (exact) mass is 371 g/mol. The molecule has 0 saturated carbocycles. The van der Waals surface area contributed by atoms with Crippen molar-refractivity contribution in [1.29, 1.82) is 0 Å². The van der Waals surface area contributed by atoms with Gasteiger partial charge in [0, 0.05) is 13.0 Å². The van der Waals surface area contributed by atoms with E-state index in [1.165, 1.54) is 4.90 Å². The zero-order chi connectivity index (χ0) is 19.6. The van der Waals surface area contributed by atoms with Crippen molar-refractivity contribution in [2.45, 2.75) is 50.8 Å². The van der Waals surface area contributed by atoms with Gasteiger partial charge in [0.25, 0.3) is 0 Å². The standard InChI is InChI=1S/C20H25N3O4/c1-2-3-5-11-16(18(21)24)22-19(25)17-12-8-13-23(17)20(26)27-14-15-9-6-4-7-10-15/h1,4,6-7,9-10,16-17H,3,5,8,11-14H2,(H2,21,24)(H,22,25)/t16-,17+/m0/s1. The first kappa shape index (κ1) is 20.3. The maximum atomic E-state index is 12.6. The van der Waals surface area contributed by atoms with E-state index in [-0.39, 0.29) is 6.61 Å².